The lowest BCUT2D eigenvalue weighted by Gasteiger charge is -2.10. The fourth-order valence-electron chi connectivity index (χ4n) is 2.28. The summed E-state index contributed by atoms with van der Waals surface area (Å²) in [5, 5.41) is 5.47. The van der Waals surface area contributed by atoms with E-state index in [4.69, 9.17) is 9.15 Å². The van der Waals surface area contributed by atoms with Crippen molar-refractivity contribution in [1.29, 1.82) is 0 Å². The van der Waals surface area contributed by atoms with E-state index in [0.717, 1.165) is 10.0 Å². The number of halogens is 1. The molecule has 0 aliphatic rings. The molecule has 0 spiro atoms. The highest BCUT2D eigenvalue weighted by atomic mass is 79.9. The van der Waals surface area contributed by atoms with Crippen molar-refractivity contribution < 1.29 is 18.7 Å². The van der Waals surface area contributed by atoms with Crippen LogP contribution in [-0.2, 0) is 4.79 Å². The van der Waals surface area contributed by atoms with E-state index in [1.807, 2.05) is 25.1 Å². The fourth-order valence-corrected chi connectivity index (χ4v) is 2.66. The molecule has 0 saturated carbocycles. The van der Waals surface area contributed by atoms with Gasteiger partial charge in [0.15, 0.2) is 12.4 Å². The molecular formula is C20H17BrN2O4. The molecule has 138 valence electrons. The predicted octanol–water partition coefficient (Wildman–Crippen LogP) is 4.62. The van der Waals surface area contributed by atoms with Crippen molar-refractivity contribution in [3.05, 3.63) is 76.7 Å². The number of carbonyl (C=O) groups excluding carboxylic acids is 2. The molecule has 3 aromatic rings. The second-order valence-electron chi connectivity index (χ2n) is 5.76. The highest BCUT2D eigenvalue weighted by Crippen LogP contribution is 2.21. The van der Waals surface area contributed by atoms with Crippen molar-refractivity contribution in [2.45, 2.75) is 6.92 Å². The predicted molar refractivity (Wildman–Crippen MR) is 106 cm³/mol. The van der Waals surface area contributed by atoms with Gasteiger partial charge in [0.25, 0.3) is 11.8 Å². The lowest BCUT2D eigenvalue weighted by Crippen LogP contribution is -2.20. The summed E-state index contributed by atoms with van der Waals surface area (Å²) < 4.78 is 11.5. The number of hydrogen-bond acceptors (Lipinski definition) is 4. The van der Waals surface area contributed by atoms with E-state index in [1.165, 1.54) is 6.26 Å². The van der Waals surface area contributed by atoms with Gasteiger partial charge in [-0.05, 0) is 48.9 Å². The van der Waals surface area contributed by atoms with Gasteiger partial charge in [-0.2, -0.15) is 0 Å². The maximum absolute atomic E-state index is 12.1. The SMILES string of the molecule is Cc1ccc(NC(=O)COc2cccc(NC(=O)c3ccco3)c2)cc1Br. The van der Waals surface area contributed by atoms with Crippen LogP contribution < -0.4 is 15.4 Å². The van der Waals surface area contributed by atoms with Gasteiger partial charge in [-0.15, -0.1) is 0 Å². The average Bonchev–Trinajstić information content (AvgIpc) is 3.18. The molecule has 0 unspecified atom stereocenters. The van der Waals surface area contributed by atoms with Crippen LogP contribution in [-0.4, -0.2) is 18.4 Å². The second-order valence-corrected chi connectivity index (χ2v) is 6.61. The van der Waals surface area contributed by atoms with E-state index in [0.29, 0.717) is 17.1 Å². The Morgan fingerprint density at radius 1 is 1.04 bits per heavy atom. The zero-order valence-corrected chi connectivity index (χ0v) is 16.1. The molecule has 0 aliphatic heterocycles. The van der Waals surface area contributed by atoms with Crippen molar-refractivity contribution >= 4 is 39.1 Å². The summed E-state index contributed by atoms with van der Waals surface area (Å²) in [7, 11) is 0. The van der Waals surface area contributed by atoms with Crippen LogP contribution in [0, 0.1) is 6.92 Å². The van der Waals surface area contributed by atoms with Gasteiger partial charge in [-0.3, -0.25) is 9.59 Å². The van der Waals surface area contributed by atoms with Crippen LogP contribution in [0.25, 0.3) is 0 Å². The Bertz CT molecular complexity index is 954. The standard InChI is InChI=1S/C20H17BrN2O4/c1-13-7-8-15(11-17(13)21)22-19(24)12-27-16-5-2-4-14(10-16)23-20(25)18-6-3-9-26-18/h2-11H,12H2,1H3,(H,22,24)(H,23,25). The maximum atomic E-state index is 12.1. The van der Waals surface area contributed by atoms with Gasteiger partial charge in [-0.1, -0.05) is 28.1 Å². The van der Waals surface area contributed by atoms with Crippen LogP contribution in [0.3, 0.4) is 0 Å². The molecule has 3 rings (SSSR count). The van der Waals surface area contributed by atoms with Crippen molar-refractivity contribution in [2.75, 3.05) is 17.2 Å². The van der Waals surface area contributed by atoms with E-state index < -0.39 is 0 Å². The van der Waals surface area contributed by atoms with Crippen LogP contribution in [0.4, 0.5) is 11.4 Å². The molecule has 0 bridgehead atoms. The van der Waals surface area contributed by atoms with Gasteiger partial charge in [0, 0.05) is 21.9 Å². The van der Waals surface area contributed by atoms with Crippen molar-refractivity contribution in [3.63, 3.8) is 0 Å². The first-order chi connectivity index (χ1) is 13.0. The topological polar surface area (TPSA) is 80.6 Å². The van der Waals surface area contributed by atoms with Crippen LogP contribution in [0.5, 0.6) is 5.75 Å². The second kappa shape index (κ2) is 8.55. The molecule has 0 fully saturated rings. The summed E-state index contributed by atoms with van der Waals surface area (Å²) in [6.07, 6.45) is 1.43. The van der Waals surface area contributed by atoms with Gasteiger partial charge in [0.05, 0.1) is 6.26 Å². The molecule has 2 aromatic carbocycles. The van der Waals surface area contributed by atoms with Crippen molar-refractivity contribution in [1.82, 2.24) is 0 Å². The summed E-state index contributed by atoms with van der Waals surface area (Å²) in [4.78, 5) is 24.1. The van der Waals surface area contributed by atoms with Crippen LogP contribution in [0.2, 0.25) is 0 Å². The third-order valence-electron chi connectivity index (χ3n) is 3.66. The lowest BCUT2D eigenvalue weighted by molar-refractivity contribution is -0.118. The highest BCUT2D eigenvalue weighted by Gasteiger charge is 2.10. The lowest BCUT2D eigenvalue weighted by atomic mass is 10.2. The van der Waals surface area contributed by atoms with Gasteiger partial charge < -0.3 is 19.8 Å². The smallest absolute Gasteiger partial charge is 0.291 e. The quantitative estimate of drug-likeness (QED) is 0.599. The number of aryl methyl sites for hydroxylation is 1. The van der Waals surface area contributed by atoms with E-state index in [1.54, 1.807) is 36.4 Å². The summed E-state index contributed by atoms with van der Waals surface area (Å²) in [5.41, 5.74) is 2.30. The number of nitrogens with one attached hydrogen (secondary N) is 2. The molecule has 1 aromatic heterocycles. The first-order valence-corrected chi connectivity index (χ1v) is 8.94. The molecule has 2 N–H and O–H groups in total. The van der Waals surface area contributed by atoms with Gasteiger partial charge in [0.2, 0.25) is 0 Å². The van der Waals surface area contributed by atoms with Gasteiger partial charge in [0.1, 0.15) is 5.75 Å². The molecule has 7 heteroatoms. The van der Waals surface area contributed by atoms with Gasteiger partial charge in [-0.25, -0.2) is 0 Å². The number of benzene rings is 2. The Labute approximate surface area is 164 Å². The zero-order chi connectivity index (χ0) is 19.2. The Morgan fingerprint density at radius 3 is 2.59 bits per heavy atom. The third-order valence-corrected chi connectivity index (χ3v) is 4.52. The Morgan fingerprint density at radius 2 is 1.85 bits per heavy atom. The largest absolute Gasteiger partial charge is 0.484 e. The number of amides is 2. The number of rotatable bonds is 6. The van der Waals surface area contributed by atoms with Crippen molar-refractivity contribution in [2.24, 2.45) is 0 Å². The minimum atomic E-state index is -0.361. The van der Waals surface area contributed by atoms with E-state index in [2.05, 4.69) is 26.6 Å². The van der Waals surface area contributed by atoms with Crippen LogP contribution >= 0.6 is 15.9 Å². The zero-order valence-electron chi connectivity index (χ0n) is 14.5. The molecule has 1 heterocycles. The summed E-state index contributed by atoms with van der Waals surface area (Å²) in [6, 6.07) is 15.6. The van der Waals surface area contributed by atoms with E-state index >= 15 is 0 Å². The Balaban J connectivity index is 1.55. The molecule has 2 amide bonds. The molecule has 27 heavy (non-hydrogen) atoms. The molecule has 0 atom stereocenters. The summed E-state index contributed by atoms with van der Waals surface area (Å²) in [6.45, 7) is 1.82. The van der Waals surface area contributed by atoms with E-state index in [9.17, 15) is 9.59 Å². The number of hydrogen-bond donors (Lipinski definition) is 2. The molecule has 6 nitrogen and oxygen atoms in total. The Kier molecular flexibility index (Phi) is 5.93. The molecule has 0 aliphatic carbocycles. The molecule has 0 saturated heterocycles. The number of anilines is 2. The average molecular weight is 429 g/mol. The Hall–Kier alpha value is -3.06. The van der Waals surface area contributed by atoms with Crippen LogP contribution in [0.15, 0.2) is 69.8 Å². The normalized spacial score (nSPS) is 10.3. The number of carbonyl (C=O) groups is 2. The molecule has 0 radical (unpaired) electrons. The van der Waals surface area contributed by atoms with E-state index in [-0.39, 0.29) is 24.2 Å². The first kappa shape index (κ1) is 18.7. The first-order valence-electron chi connectivity index (χ1n) is 8.15. The maximum Gasteiger partial charge on any atom is 0.291 e. The third kappa shape index (κ3) is 5.21. The fraction of sp³-hybridized carbons (Fsp3) is 0.100. The highest BCUT2D eigenvalue weighted by molar-refractivity contribution is 9.10. The van der Waals surface area contributed by atoms with Gasteiger partial charge >= 0.3 is 0 Å². The summed E-state index contributed by atoms with van der Waals surface area (Å²) >= 11 is 3.43. The monoisotopic (exact) mass is 428 g/mol. The van der Waals surface area contributed by atoms with Crippen molar-refractivity contribution in [3.8, 4) is 5.75 Å². The van der Waals surface area contributed by atoms with Crippen LogP contribution in [0.1, 0.15) is 16.1 Å². The minimum absolute atomic E-state index is 0.152. The molecular weight excluding hydrogens is 412 g/mol. The number of ether oxygens (including phenoxy) is 1. The summed E-state index contributed by atoms with van der Waals surface area (Å²) in [5.74, 6) is 0.0352. The minimum Gasteiger partial charge on any atom is -0.484 e. The number of furan rings is 1.